The Hall–Kier alpha value is -2.86. The summed E-state index contributed by atoms with van der Waals surface area (Å²) in [4.78, 5) is 35.3. The minimum atomic E-state index is -0.342. The second kappa shape index (κ2) is 9.56. The third-order valence-corrected chi connectivity index (χ3v) is 7.37. The number of anilines is 1. The molecule has 3 aliphatic rings. The fraction of sp³-hybridized carbons (Fsp3) is 0.481. The molecule has 0 saturated carbocycles. The molecule has 0 aliphatic carbocycles. The van der Waals surface area contributed by atoms with E-state index in [2.05, 4.69) is 53.1 Å². The van der Waals surface area contributed by atoms with Gasteiger partial charge in [0.25, 0.3) is 0 Å². The highest BCUT2D eigenvalue weighted by Crippen LogP contribution is 2.32. The van der Waals surface area contributed by atoms with Crippen LogP contribution in [0, 0.1) is 6.92 Å². The Kier molecular flexibility index (Phi) is 6.36. The van der Waals surface area contributed by atoms with Gasteiger partial charge in [0, 0.05) is 51.5 Å². The van der Waals surface area contributed by atoms with Crippen LogP contribution < -0.4 is 4.90 Å². The summed E-state index contributed by atoms with van der Waals surface area (Å²) in [6.07, 6.45) is 3.03. The minimum Gasteiger partial charge on any atom is -0.368 e. The number of amides is 2. The van der Waals surface area contributed by atoms with Gasteiger partial charge in [0.1, 0.15) is 6.04 Å². The Bertz CT molecular complexity index is 1010. The molecule has 2 saturated heterocycles. The maximum atomic E-state index is 13.5. The number of nitrogens with zero attached hydrogens (tertiary/aromatic N) is 4. The quantitative estimate of drug-likeness (QED) is 0.725. The molecule has 2 aromatic rings. The third kappa shape index (κ3) is 4.62. The van der Waals surface area contributed by atoms with Gasteiger partial charge < -0.3 is 14.7 Å². The van der Waals surface area contributed by atoms with Gasteiger partial charge in [-0.1, -0.05) is 36.4 Å². The van der Waals surface area contributed by atoms with Crippen molar-refractivity contribution in [1.29, 1.82) is 0 Å². The summed E-state index contributed by atoms with van der Waals surface area (Å²) in [5.41, 5.74) is 4.80. The summed E-state index contributed by atoms with van der Waals surface area (Å²) in [5, 5.41) is 0. The summed E-state index contributed by atoms with van der Waals surface area (Å²) < 4.78 is 0. The predicted molar refractivity (Wildman–Crippen MR) is 130 cm³/mol. The standard InChI is InChI=1S/C27H34N4O2/c1-21-7-6-9-23(19-21)28-15-17-29(18-16-28)25(32)20-31-14-11-22-8-2-3-10-24(22)26(31)27(33)30-12-4-5-13-30/h2-3,6-10,19,26H,4-5,11-18,20H2,1H3. The molecular formula is C27H34N4O2. The predicted octanol–water partition coefficient (Wildman–Crippen LogP) is 2.87. The normalized spacial score (nSPS) is 21.2. The minimum absolute atomic E-state index is 0.137. The van der Waals surface area contributed by atoms with E-state index in [9.17, 15) is 9.59 Å². The SMILES string of the molecule is Cc1cccc(N2CCN(C(=O)CN3CCc4ccccc4C3C(=O)N3CCCC3)CC2)c1. The van der Waals surface area contributed by atoms with Gasteiger partial charge in [-0.3, -0.25) is 14.5 Å². The Balaban J connectivity index is 1.26. The third-order valence-electron chi connectivity index (χ3n) is 7.37. The Morgan fingerprint density at radius 2 is 1.61 bits per heavy atom. The monoisotopic (exact) mass is 446 g/mol. The molecule has 2 aromatic carbocycles. The number of fused-ring (bicyclic) bond motifs is 1. The molecule has 1 unspecified atom stereocenters. The van der Waals surface area contributed by atoms with Crippen LogP contribution in [0.1, 0.15) is 35.6 Å². The van der Waals surface area contributed by atoms with Crippen LogP contribution in [-0.4, -0.2) is 78.9 Å². The van der Waals surface area contributed by atoms with Crippen LogP contribution in [0.3, 0.4) is 0 Å². The van der Waals surface area contributed by atoms with Gasteiger partial charge in [0.15, 0.2) is 0 Å². The summed E-state index contributed by atoms with van der Waals surface area (Å²) in [6.45, 7) is 7.96. The van der Waals surface area contributed by atoms with Gasteiger partial charge in [0.2, 0.25) is 11.8 Å². The van der Waals surface area contributed by atoms with Crippen molar-refractivity contribution in [2.24, 2.45) is 0 Å². The number of carbonyl (C=O) groups is 2. The second-order valence-corrected chi connectivity index (χ2v) is 9.56. The molecule has 6 heteroatoms. The Morgan fingerprint density at radius 3 is 2.36 bits per heavy atom. The Morgan fingerprint density at radius 1 is 0.848 bits per heavy atom. The van der Waals surface area contributed by atoms with Crippen LogP contribution in [0.2, 0.25) is 0 Å². The van der Waals surface area contributed by atoms with Crippen molar-refractivity contribution in [1.82, 2.24) is 14.7 Å². The van der Waals surface area contributed by atoms with E-state index in [4.69, 9.17) is 0 Å². The average molecular weight is 447 g/mol. The van der Waals surface area contributed by atoms with E-state index in [-0.39, 0.29) is 17.9 Å². The topological polar surface area (TPSA) is 47.1 Å². The fourth-order valence-corrected chi connectivity index (χ4v) is 5.50. The summed E-state index contributed by atoms with van der Waals surface area (Å²) in [6, 6.07) is 16.5. The van der Waals surface area contributed by atoms with Crippen molar-refractivity contribution < 1.29 is 9.59 Å². The highest BCUT2D eigenvalue weighted by Gasteiger charge is 2.37. The van der Waals surface area contributed by atoms with E-state index in [0.717, 1.165) is 70.6 Å². The first-order valence-electron chi connectivity index (χ1n) is 12.3. The molecule has 3 heterocycles. The number of rotatable bonds is 4. The number of hydrogen-bond acceptors (Lipinski definition) is 4. The van der Waals surface area contributed by atoms with E-state index < -0.39 is 0 Å². The molecule has 0 radical (unpaired) electrons. The summed E-state index contributed by atoms with van der Waals surface area (Å²) in [5.74, 6) is 0.300. The molecular weight excluding hydrogens is 412 g/mol. The van der Waals surface area contributed by atoms with Gasteiger partial charge in [-0.15, -0.1) is 0 Å². The average Bonchev–Trinajstić information content (AvgIpc) is 3.39. The van der Waals surface area contributed by atoms with E-state index >= 15 is 0 Å². The van der Waals surface area contributed by atoms with E-state index in [1.165, 1.54) is 16.8 Å². The van der Waals surface area contributed by atoms with E-state index in [1.807, 2.05) is 21.9 Å². The second-order valence-electron chi connectivity index (χ2n) is 9.56. The lowest BCUT2D eigenvalue weighted by molar-refractivity contribution is -0.140. The van der Waals surface area contributed by atoms with Crippen molar-refractivity contribution in [3.05, 3.63) is 65.2 Å². The lowest BCUT2D eigenvalue weighted by Gasteiger charge is -2.40. The number of hydrogen-bond donors (Lipinski definition) is 0. The van der Waals surface area contributed by atoms with Gasteiger partial charge in [-0.05, 0) is 55.0 Å². The van der Waals surface area contributed by atoms with Gasteiger partial charge in [-0.2, -0.15) is 0 Å². The van der Waals surface area contributed by atoms with Crippen LogP contribution in [0.5, 0.6) is 0 Å². The maximum absolute atomic E-state index is 13.5. The van der Waals surface area contributed by atoms with Gasteiger partial charge >= 0.3 is 0 Å². The molecule has 33 heavy (non-hydrogen) atoms. The Labute approximate surface area is 196 Å². The largest absolute Gasteiger partial charge is 0.368 e. The number of piperazine rings is 1. The smallest absolute Gasteiger partial charge is 0.244 e. The molecule has 0 bridgehead atoms. The van der Waals surface area contributed by atoms with Crippen LogP contribution in [0.25, 0.3) is 0 Å². The van der Waals surface area contributed by atoms with Crippen molar-refractivity contribution in [2.75, 3.05) is 57.3 Å². The molecule has 0 aromatic heterocycles. The lowest BCUT2D eigenvalue weighted by atomic mass is 9.91. The molecule has 5 rings (SSSR count). The van der Waals surface area contributed by atoms with Crippen LogP contribution in [0.4, 0.5) is 5.69 Å². The van der Waals surface area contributed by atoms with Crippen LogP contribution in [-0.2, 0) is 16.0 Å². The molecule has 0 N–H and O–H groups in total. The number of likely N-dealkylation sites (tertiary alicyclic amines) is 1. The molecule has 2 fully saturated rings. The molecule has 6 nitrogen and oxygen atoms in total. The molecule has 3 aliphatic heterocycles. The van der Waals surface area contributed by atoms with Crippen molar-refractivity contribution in [2.45, 2.75) is 32.2 Å². The zero-order valence-electron chi connectivity index (χ0n) is 19.6. The van der Waals surface area contributed by atoms with Crippen LogP contribution >= 0.6 is 0 Å². The van der Waals surface area contributed by atoms with Crippen molar-refractivity contribution in [3.63, 3.8) is 0 Å². The molecule has 1 atom stereocenters. The lowest BCUT2D eigenvalue weighted by Crippen LogP contribution is -2.53. The highest BCUT2D eigenvalue weighted by atomic mass is 16.2. The zero-order valence-corrected chi connectivity index (χ0v) is 19.6. The summed E-state index contributed by atoms with van der Waals surface area (Å²) >= 11 is 0. The van der Waals surface area contributed by atoms with Crippen molar-refractivity contribution in [3.8, 4) is 0 Å². The number of aryl methyl sites for hydroxylation is 1. The molecule has 2 amide bonds. The van der Waals surface area contributed by atoms with E-state index in [0.29, 0.717) is 6.54 Å². The first kappa shape index (κ1) is 22.0. The molecule has 0 spiro atoms. The van der Waals surface area contributed by atoms with Gasteiger partial charge in [-0.25, -0.2) is 0 Å². The summed E-state index contributed by atoms with van der Waals surface area (Å²) in [7, 11) is 0. The van der Waals surface area contributed by atoms with Crippen molar-refractivity contribution >= 4 is 17.5 Å². The fourth-order valence-electron chi connectivity index (χ4n) is 5.50. The molecule has 174 valence electrons. The highest BCUT2D eigenvalue weighted by molar-refractivity contribution is 5.86. The zero-order chi connectivity index (χ0) is 22.8. The number of benzene rings is 2. The first-order valence-corrected chi connectivity index (χ1v) is 12.3. The number of carbonyl (C=O) groups excluding carboxylic acids is 2. The first-order chi connectivity index (χ1) is 16.1. The van der Waals surface area contributed by atoms with E-state index in [1.54, 1.807) is 0 Å². The van der Waals surface area contributed by atoms with Crippen LogP contribution in [0.15, 0.2) is 48.5 Å². The maximum Gasteiger partial charge on any atom is 0.244 e. The van der Waals surface area contributed by atoms with Gasteiger partial charge in [0.05, 0.1) is 6.54 Å².